The number of aryl methyl sites for hydroxylation is 1. The lowest BCUT2D eigenvalue weighted by molar-refractivity contribution is -0.147. The number of hydrogen-bond acceptors (Lipinski definition) is 4. The maximum absolute atomic E-state index is 12.1. The van der Waals surface area contributed by atoms with E-state index < -0.39 is 11.9 Å². The van der Waals surface area contributed by atoms with Gasteiger partial charge in [0.1, 0.15) is 5.92 Å². The summed E-state index contributed by atoms with van der Waals surface area (Å²) >= 11 is 0. The third kappa shape index (κ3) is 3.04. The van der Waals surface area contributed by atoms with Gasteiger partial charge in [0.05, 0.1) is 20.1 Å². The van der Waals surface area contributed by atoms with E-state index in [1.807, 2.05) is 31.2 Å². The van der Waals surface area contributed by atoms with Crippen molar-refractivity contribution in [2.24, 2.45) is 5.92 Å². The number of rotatable bonds is 3. The van der Waals surface area contributed by atoms with Crippen LogP contribution in [0.3, 0.4) is 0 Å². The molecule has 106 valence electrons. The van der Waals surface area contributed by atoms with Crippen LogP contribution in [-0.2, 0) is 25.5 Å². The summed E-state index contributed by atoms with van der Waals surface area (Å²) in [6.07, 6.45) is 0.239. The van der Waals surface area contributed by atoms with Gasteiger partial charge in [-0.25, -0.2) is 0 Å². The monoisotopic (exact) mass is 275 g/mol. The Kier molecular flexibility index (Phi) is 4.17. The smallest absolute Gasteiger partial charge is 0.318 e. The van der Waals surface area contributed by atoms with Gasteiger partial charge in [-0.3, -0.25) is 14.4 Å². The van der Waals surface area contributed by atoms with E-state index in [9.17, 15) is 14.4 Å². The van der Waals surface area contributed by atoms with Crippen molar-refractivity contribution in [3.05, 3.63) is 35.4 Å². The first-order valence-electron chi connectivity index (χ1n) is 6.45. The van der Waals surface area contributed by atoms with Crippen LogP contribution < -0.4 is 0 Å². The minimum absolute atomic E-state index is 0.00951. The summed E-state index contributed by atoms with van der Waals surface area (Å²) < 4.78 is 4.57. The fraction of sp³-hybridized carbons (Fsp3) is 0.400. The first-order chi connectivity index (χ1) is 9.51. The van der Waals surface area contributed by atoms with Crippen molar-refractivity contribution in [3.8, 4) is 0 Å². The van der Waals surface area contributed by atoms with Crippen molar-refractivity contribution in [3.63, 3.8) is 0 Å². The normalized spacial score (nSPS) is 18.2. The van der Waals surface area contributed by atoms with Crippen LogP contribution in [0.25, 0.3) is 0 Å². The van der Waals surface area contributed by atoms with E-state index in [4.69, 9.17) is 0 Å². The molecular formula is C15H17NO4. The molecule has 1 saturated heterocycles. The number of ether oxygens (including phenoxy) is 1. The Labute approximate surface area is 117 Å². The van der Waals surface area contributed by atoms with E-state index >= 15 is 0 Å². The van der Waals surface area contributed by atoms with Gasteiger partial charge in [0.25, 0.3) is 0 Å². The van der Waals surface area contributed by atoms with Gasteiger partial charge in [-0.1, -0.05) is 29.8 Å². The quantitative estimate of drug-likeness (QED) is 0.603. The van der Waals surface area contributed by atoms with Gasteiger partial charge in [-0.2, -0.15) is 0 Å². The molecule has 1 heterocycles. The average Bonchev–Trinajstić information content (AvgIpc) is 2.80. The van der Waals surface area contributed by atoms with Crippen LogP contribution >= 0.6 is 0 Å². The number of esters is 1. The number of methoxy groups -OCH3 is 1. The molecule has 0 aliphatic carbocycles. The zero-order valence-electron chi connectivity index (χ0n) is 11.6. The second-order valence-corrected chi connectivity index (χ2v) is 4.98. The molecule has 1 atom stereocenters. The number of amides is 1. The summed E-state index contributed by atoms with van der Waals surface area (Å²) in [7, 11) is 1.24. The van der Waals surface area contributed by atoms with E-state index in [0.29, 0.717) is 0 Å². The third-order valence-electron chi connectivity index (χ3n) is 3.41. The van der Waals surface area contributed by atoms with E-state index in [2.05, 4.69) is 4.74 Å². The molecular weight excluding hydrogens is 258 g/mol. The molecule has 1 aliphatic heterocycles. The number of carbonyl (C=O) groups excluding carboxylic acids is 3. The van der Waals surface area contributed by atoms with E-state index in [0.717, 1.165) is 11.1 Å². The van der Waals surface area contributed by atoms with Crippen LogP contribution in [0.2, 0.25) is 0 Å². The molecule has 20 heavy (non-hydrogen) atoms. The van der Waals surface area contributed by atoms with Gasteiger partial charge < -0.3 is 9.64 Å². The molecule has 1 aliphatic rings. The molecule has 0 aromatic heterocycles. The summed E-state index contributed by atoms with van der Waals surface area (Å²) in [6.45, 7) is 2.07. The Morgan fingerprint density at radius 3 is 2.80 bits per heavy atom. The lowest BCUT2D eigenvalue weighted by Gasteiger charge is -2.15. The zero-order chi connectivity index (χ0) is 14.7. The SMILES string of the molecule is COC(=O)C1CN(C(=O)Cc2cccc(C)c2)CC1=O. The van der Waals surface area contributed by atoms with Gasteiger partial charge in [-0.15, -0.1) is 0 Å². The highest BCUT2D eigenvalue weighted by atomic mass is 16.5. The molecule has 1 aromatic carbocycles. The summed E-state index contributed by atoms with van der Waals surface area (Å²) in [5.41, 5.74) is 1.99. The van der Waals surface area contributed by atoms with Gasteiger partial charge in [-0.05, 0) is 12.5 Å². The van der Waals surface area contributed by atoms with E-state index in [1.54, 1.807) is 0 Å². The van der Waals surface area contributed by atoms with Crippen molar-refractivity contribution in [1.29, 1.82) is 0 Å². The highest BCUT2D eigenvalue weighted by Gasteiger charge is 2.38. The Balaban J connectivity index is 2.01. The number of likely N-dealkylation sites (tertiary alicyclic amines) is 1. The van der Waals surface area contributed by atoms with E-state index in [-0.39, 0.29) is 31.2 Å². The number of hydrogen-bond donors (Lipinski definition) is 0. The Morgan fingerprint density at radius 1 is 1.40 bits per heavy atom. The fourth-order valence-corrected chi connectivity index (χ4v) is 2.33. The number of nitrogens with zero attached hydrogens (tertiary/aromatic N) is 1. The summed E-state index contributed by atoms with van der Waals surface area (Å²) in [6, 6.07) is 7.67. The number of Topliss-reactive ketones (excluding diaryl/α,β-unsaturated/α-hetero) is 1. The van der Waals surface area contributed by atoms with Gasteiger partial charge in [0.2, 0.25) is 5.91 Å². The minimum Gasteiger partial charge on any atom is -0.468 e. The number of carbonyl (C=O) groups is 3. The highest BCUT2D eigenvalue weighted by Crippen LogP contribution is 2.16. The van der Waals surface area contributed by atoms with Gasteiger partial charge >= 0.3 is 5.97 Å². The minimum atomic E-state index is -0.832. The van der Waals surface area contributed by atoms with Crippen LogP contribution in [0.4, 0.5) is 0 Å². The maximum atomic E-state index is 12.1. The Hall–Kier alpha value is -2.17. The van der Waals surface area contributed by atoms with Crippen LogP contribution in [0, 0.1) is 12.8 Å². The van der Waals surface area contributed by atoms with Crippen LogP contribution in [0.15, 0.2) is 24.3 Å². The first kappa shape index (κ1) is 14.2. The van der Waals surface area contributed by atoms with Gasteiger partial charge in [0, 0.05) is 6.54 Å². The molecule has 1 aromatic rings. The third-order valence-corrected chi connectivity index (χ3v) is 3.41. The van der Waals surface area contributed by atoms with Crippen molar-refractivity contribution < 1.29 is 19.1 Å². The summed E-state index contributed by atoms with van der Waals surface area (Å²) in [4.78, 5) is 36.7. The van der Waals surface area contributed by atoms with Crippen molar-refractivity contribution in [2.75, 3.05) is 20.2 Å². The Morgan fingerprint density at radius 2 is 2.15 bits per heavy atom. The number of ketones is 1. The summed E-state index contributed by atoms with van der Waals surface area (Å²) in [5.74, 6) is -1.80. The molecule has 0 spiro atoms. The molecule has 0 saturated carbocycles. The van der Waals surface area contributed by atoms with Crippen LogP contribution in [0.5, 0.6) is 0 Å². The second kappa shape index (κ2) is 5.86. The molecule has 1 fully saturated rings. The molecule has 0 radical (unpaired) electrons. The highest BCUT2D eigenvalue weighted by molar-refractivity contribution is 6.04. The lowest BCUT2D eigenvalue weighted by Crippen LogP contribution is -2.31. The Bertz CT molecular complexity index is 553. The standard InChI is InChI=1S/C15H17NO4/c1-10-4-3-5-11(6-10)7-14(18)16-8-12(13(17)9-16)15(19)20-2/h3-6,12H,7-9H2,1-2H3. The van der Waals surface area contributed by atoms with Crippen molar-refractivity contribution >= 4 is 17.7 Å². The van der Waals surface area contributed by atoms with Crippen LogP contribution in [0.1, 0.15) is 11.1 Å². The second-order valence-electron chi connectivity index (χ2n) is 4.98. The predicted molar refractivity (Wildman–Crippen MR) is 72.0 cm³/mol. The molecule has 0 N–H and O–H groups in total. The largest absolute Gasteiger partial charge is 0.468 e. The average molecular weight is 275 g/mol. The maximum Gasteiger partial charge on any atom is 0.318 e. The molecule has 1 unspecified atom stereocenters. The molecule has 2 rings (SSSR count). The number of benzene rings is 1. The summed E-state index contributed by atoms with van der Waals surface area (Å²) in [5, 5.41) is 0. The van der Waals surface area contributed by atoms with Crippen LogP contribution in [-0.4, -0.2) is 42.8 Å². The lowest BCUT2D eigenvalue weighted by atomic mass is 10.1. The first-order valence-corrected chi connectivity index (χ1v) is 6.45. The topological polar surface area (TPSA) is 63.7 Å². The van der Waals surface area contributed by atoms with Gasteiger partial charge in [0.15, 0.2) is 5.78 Å². The molecule has 5 nitrogen and oxygen atoms in total. The molecule has 1 amide bonds. The molecule has 0 bridgehead atoms. The molecule has 5 heteroatoms. The van der Waals surface area contributed by atoms with Crippen molar-refractivity contribution in [2.45, 2.75) is 13.3 Å². The predicted octanol–water partition coefficient (Wildman–Crippen LogP) is 0.738. The van der Waals surface area contributed by atoms with Crippen molar-refractivity contribution in [1.82, 2.24) is 4.90 Å². The zero-order valence-corrected chi connectivity index (χ0v) is 11.6. The fourth-order valence-electron chi connectivity index (χ4n) is 2.33. The van der Waals surface area contributed by atoms with E-state index in [1.165, 1.54) is 12.0 Å².